The third kappa shape index (κ3) is 4.25. The first-order valence-electron chi connectivity index (χ1n) is 7.18. The van der Waals surface area contributed by atoms with Gasteiger partial charge in [-0.15, -0.1) is 0 Å². The van der Waals surface area contributed by atoms with Crippen LogP contribution in [-0.2, 0) is 14.8 Å². The summed E-state index contributed by atoms with van der Waals surface area (Å²) in [7, 11) is -3.80. The van der Waals surface area contributed by atoms with E-state index in [0.717, 1.165) is 31.8 Å². The van der Waals surface area contributed by atoms with Gasteiger partial charge in [-0.1, -0.05) is 6.92 Å². The number of hydrogen-bond acceptors (Lipinski definition) is 4. The first-order valence-corrected chi connectivity index (χ1v) is 8.66. The van der Waals surface area contributed by atoms with Gasteiger partial charge in [-0.2, -0.15) is 0 Å². The maximum atomic E-state index is 12.8. The van der Waals surface area contributed by atoms with Crippen molar-refractivity contribution in [3.8, 4) is 0 Å². The smallest absolute Gasteiger partial charge is 0.241 e. The number of likely N-dealkylation sites (N-methyl/N-ethyl adjacent to an activating group) is 1. The quantitative estimate of drug-likeness (QED) is 0.842. The second-order valence-corrected chi connectivity index (χ2v) is 6.86. The SMILES string of the molecule is CCN1CCN(C(=O)CNS(=O)(=O)c2ccc(F)cc2)CC1. The first kappa shape index (κ1) is 16.9. The fourth-order valence-corrected chi connectivity index (χ4v) is 3.25. The van der Waals surface area contributed by atoms with Gasteiger partial charge in [-0.3, -0.25) is 4.79 Å². The van der Waals surface area contributed by atoms with Crippen LogP contribution in [0.5, 0.6) is 0 Å². The Morgan fingerprint density at radius 1 is 1.18 bits per heavy atom. The number of piperazine rings is 1. The minimum atomic E-state index is -3.80. The Morgan fingerprint density at radius 2 is 1.77 bits per heavy atom. The topological polar surface area (TPSA) is 69.7 Å². The predicted octanol–water partition coefficient (Wildman–Crippen LogP) is 0.268. The van der Waals surface area contributed by atoms with Crippen LogP contribution in [0, 0.1) is 5.82 Å². The van der Waals surface area contributed by atoms with E-state index in [-0.39, 0.29) is 17.3 Å². The molecule has 0 spiro atoms. The molecule has 0 atom stereocenters. The lowest BCUT2D eigenvalue weighted by atomic mass is 10.3. The number of nitrogens with one attached hydrogen (secondary N) is 1. The number of sulfonamides is 1. The molecule has 6 nitrogen and oxygen atoms in total. The Hall–Kier alpha value is -1.51. The summed E-state index contributed by atoms with van der Waals surface area (Å²) in [6, 6.07) is 4.48. The van der Waals surface area contributed by atoms with E-state index in [9.17, 15) is 17.6 Å². The molecule has 0 aromatic heterocycles. The molecule has 1 aliphatic heterocycles. The Balaban J connectivity index is 1.89. The molecular weight excluding hydrogens is 309 g/mol. The number of carbonyl (C=O) groups is 1. The standard InChI is InChI=1S/C14H20FN3O3S/c1-2-17-7-9-18(10-8-17)14(19)11-16-22(20,21)13-5-3-12(15)4-6-13/h3-6,16H,2,7-11H2,1H3. The Morgan fingerprint density at radius 3 is 2.32 bits per heavy atom. The summed E-state index contributed by atoms with van der Waals surface area (Å²) >= 11 is 0. The molecule has 22 heavy (non-hydrogen) atoms. The number of halogens is 1. The van der Waals surface area contributed by atoms with Crippen molar-refractivity contribution in [2.75, 3.05) is 39.3 Å². The maximum absolute atomic E-state index is 12.8. The number of benzene rings is 1. The van der Waals surface area contributed by atoms with Crippen molar-refractivity contribution < 1.29 is 17.6 Å². The molecular formula is C14H20FN3O3S. The molecule has 0 bridgehead atoms. The largest absolute Gasteiger partial charge is 0.339 e. The summed E-state index contributed by atoms with van der Waals surface area (Å²) in [5, 5.41) is 0. The molecule has 1 aliphatic rings. The van der Waals surface area contributed by atoms with Crippen molar-refractivity contribution in [2.24, 2.45) is 0 Å². The average Bonchev–Trinajstić information content (AvgIpc) is 2.53. The van der Waals surface area contributed by atoms with Crippen molar-refractivity contribution >= 4 is 15.9 Å². The molecule has 0 aliphatic carbocycles. The molecule has 1 amide bonds. The zero-order valence-corrected chi connectivity index (χ0v) is 13.3. The molecule has 1 heterocycles. The van der Waals surface area contributed by atoms with Crippen LogP contribution in [0.4, 0.5) is 4.39 Å². The molecule has 1 aromatic carbocycles. The van der Waals surface area contributed by atoms with Crippen LogP contribution in [0.2, 0.25) is 0 Å². The highest BCUT2D eigenvalue weighted by Crippen LogP contribution is 2.09. The lowest BCUT2D eigenvalue weighted by molar-refractivity contribution is -0.131. The summed E-state index contributed by atoms with van der Waals surface area (Å²) in [5.41, 5.74) is 0. The average molecular weight is 329 g/mol. The Bertz CT molecular complexity index is 611. The van der Waals surface area contributed by atoms with Crippen molar-refractivity contribution in [1.82, 2.24) is 14.5 Å². The zero-order valence-electron chi connectivity index (χ0n) is 12.5. The molecule has 8 heteroatoms. The van der Waals surface area contributed by atoms with Gasteiger partial charge in [0.2, 0.25) is 15.9 Å². The van der Waals surface area contributed by atoms with Crippen LogP contribution in [-0.4, -0.2) is 63.4 Å². The number of carbonyl (C=O) groups excluding carboxylic acids is 1. The molecule has 1 saturated heterocycles. The molecule has 0 saturated carbocycles. The predicted molar refractivity (Wildman–Crippen MR) is 80.3 cm³/mol. The highest BCUT2D eigenvalue weighted by Gasteiger charge is 2.22. The van der Waals surface area contributed by atoms with Crippen molar-refractivity contribution in [3.63, 3.8) is 0 Å². The highest BCUT2D eigenvalue weighted by molar-refractivity contribution is 7.89. The lowest BCUT2D eigenvalue weighted by Crippen LogP contribution is -2.51. The van der Waals surface area contributed by atoms with Crippen LogP contribution in [0.15, 0.2) is 29.2 Å². The minimum Gasteiger partial charge on any atom is -0.339 e. The van der Waals surface area contributed by atoms with Crippen LogP contribution in [0.3, 0.4) is 0 Å². The van der Waals surface area contributed by atoms with Crippen LogP contribution >= 0.6 is 0 Å². The van der Waals surface area contributed by atoms with E-state index in [2.05, 4.69) is 16.5 Å². The van der Waals surface area contributed by atoms with Gasteiger partial charge < -0.3 is 9.80 Å². The fraction of sp³-hybridized carbons (Fsp3) is 0.500. The van der Waals surface area contributed by atoms with Gasteiger partial charge in [0.25, 0.3) is 0 Å². The monoisotopic (exact) mass is 329 g/mol. The first-order chi connectivity index (χ1) is 10.4. The van der Waals surface area contributed by atoms with Gasteiger partial charge in [0.1, 0.15) is 5.82 Å². The Labute approximate surface area is 130 Å². The van der Waals surface area contributed by atoms with Gasteiger partial charge >= 0.3 is 0 Å². The molecule has 0 radical (unpaired) electrons. The zero-order chi connectivity index (χ0) is 16.2. The number of rotatable bonds is 5. The molecule has 1 N–H and O–H groups in total. The van der Waals surface area contributed by atoms with Gasteiger partial charge in [0, 0.05) is 26.2 Å². The van der Waals surface area contributed by atoms with Crippen LogP contribution < -0.4 is 4.72 Å². The molecule has 122 valence electrons. The van der Waals surface area contributed by atoms with E-state index in [1.54, 1.807) is 4.90 Å². The van der Waals surface area contributed by atoms with E-state index < -0.39 is 15.8 Å². The van der Waals surface area contributed by atoms with Crippen molar-refractivity contribution in [2.45, 2.75) is 11.8 Å². The van der Waals surface area contributed by atoms with Gasteiger partial charge in [-0.25, -0.2) is 17.5 Å². The Kier molecular flexibility index (Phi) is 5.49. The van der Waals surface area contributed by atoms with E-state index in [1.165, 1.54) is 12.1 Å². The van der Waals surface area contributed by atoms with E-state index in [4.69, 9.17) is 0 Å². The minimum absolute atomic E-state index is 0.0579. The van der Waals surface area contributed by atoms with Gasteiger partial charge in [0.05, 0.1) is 11.4 Å². The third-order valence-corrected chi connectivity index (χ3v) is 5.13. The molecule has 2 rings (SSSR count). The summed E-state index contributed by atoms with van der Waals surface area (Å²) in [5.74, 6) is -0.759. The third-order valence-electron chi connectivity index (χ3n) is 3.71. The summed E-state index contributed by atoms with van der Waals surface area (Å²) in [4.78, 5) is 15.9. The van der Waals surface area contributed by atoms with Gasteiger partial charge in [-0.05, 0) is 30.8 Å². The van der Waals surface area contributed by atoms with Crippen LogP contribution in [0.25, 0.3) is 0 Å². The maximum Gasteiger partial charge on any atom is 0.241 e. The summed E-state index contributed by atoms with van der Waals surface area (Å²) in [6.45, 7) is 5.52. The summed E-state index contributed by atoms with van der Waals surface area (Å²) in [6.07, 6.45) is 0. The van der Waals surface area contributed by atoms with Crippen molar-refractivity contribution in [3.05, 3.63) is 30.1 Å². The van der Waals surface area contributed by atoms with E-state index >= 15 is 0 Å². The molecule has 0 unspecified atom stereocenters. The number of nitrogens with zero attached hydrogens (tertiary/aromatic N) is 2. The van der Waals surface area contributed by atoms with Crippen LogP contribution in [0.1, 0.15) is 6.92 Å². The molecule has 1 aromatic rings. The fourth-order valence-electron chi connectivity index (χ4n) is 2.28. The second kappa shape index (κ2) is 7.17. The molecule has 1 fully saturated rings. The van der Waals surface area contributed by atoms with Gasteiger partial charge in [0.15, 0.2) is 0 Å². The van der Waals surface area contributed by atoms with Crippen molar-refractivity contribution in [1.29, 1.82) is 0 Å². The normalized spacial score (nSPS) is 16.7. The highest BCUT2D eigenvalue weighted by atomic mass is 32.2. The number of amides is 1. The summed E-state index contributed by atoms with van der Waals surface area (Å²) < 4.78 is 39.1. The second-order valence-electron chi connectivity index (χ2n) is 5.09. The number of hydrogen-bond donors (Lipinski definition) is 1. The van der Waals surface area contributed by atoms with E-state index in [0.29, 0.717) is 13.1 Å². The lowest BCUT2D eigenvalue weighted by Gasteiger charge is -2.34. The van der Waals surface area contributed by atoms with E-state index in [1.807, 2.05) is 0 Å².